The van der Waals surface area contributed by atoms with Crippen molar-refractivity contribution in [1.29, 1.82) is 0 Å². The van der Waals surface area contributed by atoms with Gasteiger partial charge in [0.05, 0.1) is 18.4 Å². The van der Waals surface area contributed by atoms with Gasteiger partial charge in [-0.3, -0.25) is 9.59 Å². The molecule has 0 saturated heterocycles. The van der Waals surface area contributed by atoms with Crippen molar-refractivity contribution in [3.63, 3.8) is 0 Å². The van der Waals surface area contributed by atoms with E-state index in [0.717, 1.165) is 34.6 Å². The van der Waals surface area contributed by atoms with E-state index in [2.05, 4.69) is 5.32 Å². The number of rotatable bonds is 7. The number of hydrogen-bond donors (Lipinski definition) is 1. The highest BCUT2D eigenvalue weighted by molar-refractivity contribution is 8.00. The molecule has 1 amide bonds. The Balaban J connectivity index is 1.52. The van der Waals surface area contributed by atoms with Crippen LogP contribution in [0.2, 0.25) is 0 Å². The molecule has 0 aliphatic heterocycles. The van der Waals surface area contributed by atoms with Gasteiger partial charge >= 0.3 is 11.9 Å². The molecule has 1 heterocycles. The Morgan fingerprint density at radius 1 is 1.19 bits per heavy atom. The molecule has 0 unspecified atom stereocenters. The molecule has 27 heavy (non-hydrogen) atoms. The number of thioether (sulfide) groups is 1. The second kappa shape index (κ2) is 9.05. The minimum Gasteiger partial charge on any atom is -0.465 e. The fourth-order valence-electron chi connectivity index (χ4n) is 2.82. The zero-order chi connectivity index (χ0) is 19.2. The molecule has 0 atom stereocenters. The quantitative estimate of drug-likeness (QED) is 0.562. The van der Waals surface area contributed by atoms with E-state index in [1.165, 1.54) is 30.2 Å². The van der Waals surface area contributed by atoms with Gasteiger partial charge in [-0.1, -0.05) is 18.2 Å². The molecule has 8 heteroatoms. The van der Waals surface area contributed by atoms with Gasteiger partial charge in [0.25, 0.3) is 5.91 Å². The predicted molar refractivity (Wildman–Crippen MR) is 104 cm³/mol. The summed E-state index contributed by atoms with van der Waals surface area (Å²) in [4.78, 5) is 38.1. The number of esters is 2. The van der Waals surface area contributed by atoms with E-state index in [9.17, 15) is 14.4 Å². The molecule has 2 aromatic rings. The van der Waals surface area contributed by atoms with E-state index in [1.807, 2.05) is 30.3 Å². The molecule has 1 N–H and O–H groups in total. The van der Waals surface area contributed by atoms with Gasteiger partial charge in [-0.15, -0.1) is 23.1 Å². The van der Waals surface area contributed by atoms with Crippen LogP contribution in [0, 0.1) is 0 Å². The summed E-state index contributed by atoms with van der Waals surface area (Å²) >= 11 is 2.73. The zero-order valence-corrected chi connectivity index (χ0v) is 16.4. The maximum atomic E-state index is 12.1. The van der Waals surface area contributed by atoms with Crippen LogP contribution in [0.3, 0.4) is 0 Å². The van der Waals surface area contributed by atoms with E-state index < -0.39 is 24.5 Å². The van der Waals surface area contributed by atoms with Crippen molar-refractivity contribution in [1.82, 2.24) is 0 Å². The third kappa shape index (κ3) is 4.90. The number of methoxy groups -OCH3 is 1. The summed E-state index contributed by atoms with van der Waals surface area (Å²) in [7, 11) is 1.32. The van der Waals surface area contributed by atoms with Gasteiger partial charge in [-0.25, -0.2) is 4.79 Å². The first-order chi connectivity index (χ1) is 13.1. The van der Waals surface area contributed by atoms with Crippen LogP contribution in [-0.4, -0.2) is 37.3 Å². The van der Waals surface area contributed by atoms with Gasteiger partial charge in [0, 0.05) is 9.77 Å². The monoisotopic (exact) mass is 405 g/mol. The molecule has 0 fully saturated rings. The fraction of sp³-hybridized carbons (Fsp3) is 0.316. The fourth-order valence-corrected chi connectivity index (χ4v) is 4.83. The topological polar surface area (TPSA) is 81.7 Å². The Morgan fingerprint density at radius 3 is 2.70 bits per heavy atom. The Hall–Kier alpha value is -2.32. The smallest absolute Gasteiger partial charge is 0.341 e. The third-order valence-corrected chi connectivity index (χ3v) is 6.22. The second-order valence-electron chi connectivity index (χ2n) is 5.86. The van der Waals surface area contributed by atoms with Crippen LogP contribution in [0.25, 0.3) is 0 Å². The van der Waals surface area contributed by atoms with Crippen molar-refractivity contribution >= 4 is 45.9 Å². The summed E-state index contributed by atoms with van der Waals surface area (Å²) in [5.74, 6) is -1.28. The van der Waals surface area contributed by atoms with E-state index in [0.29, 0.717) is 10.6 Å². The average Bonchev–Trinajstić information content (AvgIpc) is 3.25. The van der Waals surface area contributed by atoms with Crippen LogP contribution in [0.15, 0.2) is 35.2 Å². The SMILES string of the molecule is COC(=O)c1c(NC(=O)COC(=O)CSc2ccccc2)sc2c1CCC2. The minimum absolute atomic E-state index is 0.123. The Labute approximate surface area is 165 Å². The normalized spacial score (nSPS) is 12.3. The first-order valence-electron chi connectivity index (χ1n) is 8.44. The molecular weight excluding hydrogens is 386 g/mol. The van der Waals surface area contributed by atoms with Crippen molar-refractivity contribution in [3.05, 3.63) is 46.3 Å². The van der Waals surface area contributed by atoms with E-state index in [1.54, 1.807) is 0 Å². The molecule has 1 aliphatic carbocycles. The Morgan fingerprint density at radius 2 is 1.96 bits per heavy atom. The minimum atomic E-state index is -0.474. The van der Waals surface area contributed by atoms with Crippen LogP contribution >= 0.6 is 23.1 Å². The molecule has 3 rings (SSSR count). The number of fused-ring (bicyclic) bond motifs is 1. The van der Waals surface area contributed by atoms with Crippen molar-refractivity contribution in [3.8, 4) is 0 Å². The predicted octanol–water partition coefficient (Wildman–Crippen LogP) is 3.30. The van der Waals surface area contributed by atoms with Crippen LogP contribution in [0.1, 0.15) is 27.2 Å². The number of nitrogens with one attached hydrogen (secondary N) is 1. The summed E-state index contributed by atoms with van der Waals surface area (Å²) in [6, 6.07) is 9.47. The lowest BCUT2D eigenvalue weighted by Gasteiger charge is -2.08. The van der Waals surface area contributed by atoms with Gasteiger partial charge in [-0.05, 0) is 37.0 Å². The lowest BCUT2D eigenvalue weighted by molar-refractivity contribution is -0.144. The molecule has 142 valence electrons. The average molecular weight is 405 g/mol. The van der Waals surface area contributed by atoms with E-state index in [-0.39, 0.29) is 5.75 Å². The lowest BCUT2D eigenvalue weighted by atomic mass is 10.1. The summed E-state index contributed by atoms with van der Waals surface area (Å²) in [6.07, 6.45) is 2.69. The molecule has 0 saturated carbocycles. The molecule has 0 bridgehead atoms. The zero-order valence-electron chi connectivity index (χ0n) is 14.8. The number of amides is 1. The van der Waals surface area contributed by atoms with E-state index in [4.69, 9.17) is 9.47 Å². The number of thiophene rings is 1. The van der Waals surface area contributed by atoms with Crippen LogP contribution in [0.5, 0.6) is 0 Å². The maximum absolute atomic E-state index is 12.1. The molecule has 1 aliphatic rings. The molecule has 6 nitrogen and oxygen atoms in total. The highest BCUT2D eigenvalue weighted by atomic mass is 32.2. The molecule has 0 radical (unpaired) electrons. The third-order valence-electron chi connectivity index (χ3n) is 4.03. The highest BCUT2D eigenvalue weighted by Crippen LogP contribution is 2.39. The number of carbonyl (C=O) groups is 3. The molecule has 1 aromatic heterocycles. The van der Waals surface area contributed by atoms with Gasteiger partial charge in [0.1, 0.15) is 5.00 Å². The molecule has 0 spiro atoms. The van der Waals surface area contributed by atoms with Gasteiger partial charge < -0.3 is 14.8 Å². The largest absolute Gasteiger partial charge is 0.465 e. The van der Waals surface area contributed by atoms with Crippen LogP contribution in [0.4, 0.5) is 5.00 Å². The number of anilines is 1. The molecular formula is C19H19NO5S2. The number of hydrogen-bond acceptors (Lipinski definition) is 7. The van der Waals surface area contributed by atoms with Gasteiger partial charge in [-0.2, -0.15) is 0 Å². The van der Waals surface area contributed by atoms with Crippen LogP contribution < -0.4 is 5.32 Å². The first kappa shape index (κ1) is 19.4. The Kier molecular flexibility index (Phi) is 6.52. The summed E-state index contributed by atoms with van der Waals surface area (Å²) < 4.78 is 9.86. The molecule has 1 aromatic carbocycles. The lowest BCUT2D eigenvalue weighted by Crippen LogP contribution is -2.22. The summed E-state index contributed by atoms with van der Waals surface area (Å²) in [5.41, 5.74) is 1.38. The summed E-state index contributed by atoms with van der Waals surface area (Å²) in [6.45, 7) is -0.392. The van der Waals surface area contributed by atoms with Crippen molar-refractivity contribution in [2.45, 2.75) is 24.2 Å². The number of carbonyl (C=O) groups excluding carboxylic acids is 3. The van der Waals surface area contributed by atoms with Crippen molar-refractivity contribution in [2.75, 3.05) is 24.8 Å². The van der Waals surface area contributed by atoms with Crippen molar-refractivity contribution in [2.24, 2.45) is 0 Å². The summed E-state index contributed by atoms with van der Waals surface area (Å²) in [5, 5.41) is 3.14. The Bertz CT molecular complexity index is 847. The van der Waals surface area contributed by atoms with Gasteiger partial charge in [0.2, 0.25) is 0 Å². The van der Waals surface area contributed by atoms with Crippen LogP contribution in [-0.2, 0) is 31.9 Å². The standard InChI is InChI=1S/C19H19NO5S2/c1-24-19(23)17-13-8-5-9-14(13)27-18(17)20-15(21)10-25-16(22)11-26-12-6-3-2-4-7-12/h2-4,6-7H,5,8-11H2,1H3,(H,20,21). The number of aryl methyl sites for hydroxylation is 1. The van der Waals surface area contributed by atoms with E-state index >= 15 is 0 Å². The number of benzene rings is 1. The highest BCUT2D eigenvalue weighted by Gasteiger charge is 2.28. The number of ether oxygens (including phenoxy) is 2. The van der Waals surface area contributed by atoms with Gasteiger partial charge in [0.15, 0.2) is 6.61 Å². The second-order valence-corrected chi connectivity index (χ2v) is 8.02. The van der Waals surface area contributed by atoms with Crippen molar-refractivity contribution < 1.29 is 23.9 Å². The maximum Gasteiger partial charge on any atom is 0.341 e. The first-order valence-corrected chi connectivity index (χ1v) is 10.2.